The molecule has 0 saturated carbocycles. The average Bonchev–Trinajstić information content (AvgIpc) is 2.95. The summed E-state index contributed by atoms with van der Waals surface area (Å²) >= 11 is 5.83. The molecule has 0 spiro atoms. The Kier molecular flexibility index (Phi) is 5.75. The molecule has 0 bridgehead atoms. The number of nitrogens with one attached hydrogen (secondary N) is 1. The van der Waals surface area contributed by atoms with Crippen molar-refractivity contribution in [3.8, 4) is 11.5 Å². The molecular weight excluding hydrogens is 290 g/mol. The van der Waals surface area contributed by atoms with Crippen LogP contribution in [0.4, 0.5) is 0 Å². The van der Waals surface area contributed by atoms with Crippen LogP contribution in [0.2, 0.25) is 5.02 Å². The number of halogens is 1. The topological polar surface area (TPSA) is 68.0 Å². The number of unbranched alkanes of at least 4 members (excludes halogenated alkanes) is 1. The number of rotatable bonds is 7. The third-order valence-electron chi connectivity index (χ3n) is 2.98. The van der Waals surface area contributed by atoms with Gasteiger partial charge in [0.25, 0.3) is 0 Å². The molecule has 0 aliphatic heterocycles. The van der Waals surface area contributed by atoms with E-state index in [0.29, 0.717) is 36.2 Å². The molecule has 1 heterocycles. The third kappa shape index (κ3) is 4.86. The molecule has 5 nitrogen and oxygen atoms in total. The van der Waals surface area contributed by atoms with Crippen LogP contribution < -0.4 is 5.32 Å². The molecule has 1 amide bonds. The maximum absolute atomic E-state index is 11.5. The van der Waals surface area contributed by atoms with Gasteiger partial charge < -0.3 is 9.73 Å². The maximum atomic E-state index is 11.5. The predicted octanol–water partition coefficient (Wildman–Crippen LogP) is 3.24. The second-order valence-electron chi connectivity index (χ2n) is 4.71. The molecule has 6 heteroatoms. The molecule has 2 aromatic rings. The molecule has 1 N–H and O–H groups in total. The van der Waals surface area contributed by atoms with Crippen molar-refractivity contribution >= 4 is 17.5 Å². The zero-order valence-corrected chi connectivity index (χ0v) is 12.7. The van der Waals surface area contributed by atoms with E-state index in [0.717, 1.165) is 18.4 Å². The SMILES string of the molecule is CCCCC(=O)NCCc1nnc(-c2ccc(Cl)cc2)o1. The van der Waals surface area contributed by atoms with Crippen molar-refractivity contribution in [2.75, 3.05) is 6.54 Å². The Morgan fingerprint density at radius 1 is 1.29 bits per heavy atom. The Bertz CT molecular complexity index is 581. The summed E-state index contributed by atoms with van der Waals surface area (Å²) in [6, 6.07) is 7.20. The van der Waals surface area contributed by atoms with E-state index in [-0.39, 0.29) is 5.91 Å². The Morgan fingerprint density at radius 2 is 2.05 bits per heavy atom. The minimum absolute atomic E-state index is 0.0642. The maximum Gasteiger partial charge on any atom is 0.247 e. The van der Waals surface area contributed by atoms with Crippen LogP contribution in [0, 0.1) is 0 Å². The zero-order valence-electron chi connectivity index (χ0n) is 11.9. The van der Waals surface area contributed by atoms with Crippen molar-refractivity contribution in [1.29, 1.82) is 0 Å². The molecule has 21 heavy (non-hydrogen) atoms. The molecule has 1 aromatic carbocycles. The van der Waals surface area contributed by atoms with E-state index in [1.54, 1.807) is 12.1 Å². The molecular formula is C15H18ClN3O2. The van der Waals surface area contributed by atoms with Gasteiger partial charge in [0.2, 0.25) is 17.7 Å². The van der Waals surface area contributed by atoms with Gasteiger partial charge in [-0.25, -0.2) is 0 Å². The standard InChI is InChI=1S/C15H18ClN3O2/c1-2-3-4-13(20)17-10-9-14-18-19-15(21-14)11-5-7-12(16)8-6-11/h5-8H,2-4,9-10H2,1H3,(H,17,20). The fourth-order valence-electron chi connectivity index (χ4n) is 1.80. The van der Waals surface area contributed by atoms with Crippen molar-refractivity contribution < 1.29 is 9.21 Å². The number of hydrogen-bond donors (Lipinski definition) is 1. The first-order valence-electron chi connectivity index (χ1n) is 7.04. The highest BCUT2D eigenvalue weighted by molar-refractivity contribution is 6.30. The Morgan fingerprint density at radius 3 is 2.76 bits per heavy atom. The van der Waals surface area contributed by atoms with Gasteiger partial charge in [-0.05, 0) is 30.7 Å². The number of carbonyl (C=O) groups excluding carboxylic acids is 1. The van der Waals surface area contributed by atoms with Gasteiger partial charge in [-0.3, -0.25) is 4.79 Å². The number of nitrogens with zero attached hydrogens (tertiary/aromatic N) is 2. The Hall–Kier alpha value is -1.88. The van der Waals surface area contributed by atoms with E-state index in [9.17, 15) is 4.79 Å². The van der Waals surface area contributed by atoms with Gasteiger partial charge in [-0.15, -0.1) is 10.2 Å². The summed E-state index contributed by atoms with van der Waals surface area (Å²) in [4.78, 5) is 11.5. The van der Waals surface area contributed by atoms with Crippen LogP contribution in [0.1, 0.15) is 32.1 Å². The summed E-state index contributed by atoms with van der Waals surface area (Å²) in [6.07, 6.45) is 3.02. The van der Waals surface area contributed by atoms with Crippen molar-refractivity contribution in [3.63, 3.8) is 0 Å². The van der Waals surface area contributed by atoms with Crippen LogP contribution in [0.15, 0.2) is 28.7 Å². The molecule has 0 fully saturated rings. The minimum Gasteiger partial charge on any atom is -0.421 e. The van der Waals surface area contributed by atoms with Gasteiger partial charge in [-0.1, -0.05) is 24.9 Å². The van der Waals surface area contributed by atoms with Gasteiger partial charge >= 0.3 is 0 Å². The normalized spacial score (nSPS) is 10.6. The Labute approximate surface area is 128 Å². The number of hydrogen-bond acceptors (Lipinski definition) is 4. The molecule has 0 saturated heterocycles. The number of aromatic nitrogens is 2. The fourth-order valence-corrected chi connectivity index (χ4v) is 1.92. The van der Waals surface area contributed by atoms with E-state index in [1.807, 2.05) is 12.1 Å². The van der Waals surface area contributed by atoms with Crippen LogP contribution in [-0.2, 0) is 11.2 Å². The molecule has 0 unspecified atom stereocenters. The third-order valence-corrected chi connectivity index (χ3v) is 3.23. The summed E-state index contributed by atoms with van der Waals surface area (Å²) in [5.74, 6) is 1.03. The summed E-state index contributed by atoms with van der Waals surface area (Å²) in [5.41, 5.74) is 0.824. The van der Waals surface area contributed by atoms with E-state index < -0.39 is 0 Å². The van der Waals surface area contributed by atoms with E-state index >= 15 is 0 Å². The van der Waals surface area contributed by atoms with Crippen LogP contribution >= 0.6 is 11.6 Å². The summed E-state index contributed by atoms with van der Waals surface area (Å²) in [5, 5.41) is 11.5. The first kappa shape index (κ1) is 15.5. The highest BCUT2D eigenvalue weighted by atomic mass is 35.5. The highest BCUT2D eigenvalue weighted by Gasteiger charge is 2.08. The van der Waals surface area contributed by atoms with Crippen molar-refractivity contribution in [2.45, 2.75) is 32.6 Å². The Balaban J connectivity index is 1.83. The van der Waals surface area contributed by atoms with Crippen LogP contribution in [0.25, 0.3) is 11.5 Å². The first-order valence-corrected chi connectivity index (χ1v) is 7.42. The number of amides is 1. The molecule has 2 rings (SSSR count). The van der Waals surface area contributed by atoms with Crippen molar-refractivity contribution in [3.05, 3.63) is 35.2 Å². The van der Waals surface area contributed by atoms with Gasteiger partial charge in [0, 0.05) is 30.0 Å². The summed E-state index contributed by atoms with van der Waals surface area (Å²) in [7, 11) is 0. The van der Waals surface area contributed by atoms with Crippen LogP contribution in [0.5, 0.6) is 0 Å². The highest BCUT2D eigenvalue weighted by Crippen LogP contribution is 2.20. The minimum atomic E-state index is 0.0642. The first-order chi connectivity index (χ1) is 10.2. The number of benzene rings is 1. The molecule has 0 aliphatic rings. The van der Waals surface area contributed by atoms with Crippen molar-refractivity contribution in [2.24, 2.45) is 0 Å². The largest absolute Gasteiger partial charge is 0.421 e. The smallest absolute Gasteiger partial charge is 0.247 e. The quantitative estimate of drug-likeness (QED) is 0.852. The monoisotopic (exact) mass is 307 g/mol. The van der Waals surface area contributed by atoms with E-state index in [2.05, 4.69) is 22.4 Å². The molecule has 1 aromatic heterocycles. The van der Waals surface area contributed by atoms with Gasteiger partial charge in [0.15, 0.2) is 0 Å². The molecule has 112 valence electrons. The molecule has 0 radical (unpaired) electrons. The summed E-state index contributed by atoms with van der Waals surface area (Å²) in [6.45, 7) is 2.56. The fraction of sp³-hybridized carbons (Fsp3) is 0.400. The summed E-state index contributed by atoms with van der Waals surface area (Å²) < 4.78 is 5.56. The average molecular weight is 308 g/mol. The lowest BCUT2D eigenvalue weighted by atomic mass is 10.2. The molecule has 0 aliphatic carbocycles. The number of carbonyl (C=O) groups is 1. The van der Waals surface area contributed by atoms with Crippen LogP contribution in [0.3, 0.4) is 0 Å². The molecule has 0 atom stereocenters. The van der Waals surface area contributed by atoms with E-state index in [4.69, 9.17) is 16.0 Å². The van der Waals surface area contributed by atoms with Crippen LogP contribution in [-0.4, -0.2) is 22.6 Å². The van der Waals surface area contributed by atoms with Crippen molar-refractivity contribution in [1.82, 2.24) is 15.5 Å². The lowest BCUT2D eigenvalue weighted by molar-refractivity contribution is -0.121. The predicted molar refractivity (Wildman–Crippen MR) is 81.0 cm³/mol. The lowest BCUT2D eigenvalue weighted by Crippen LogP contribution is -2.25. The van der Waals surface area contributed by atoms with E-state index in [1.165, 1.54) is 0 Å². The van der Waals surface area contributed by atoms with Gasteiger partial charge in [0.05, 0.1) is 0 Å². The van der Waals surface area contributed by atoms with Gasteiger partial charge in [-0.2, -0.15) is 0 Å². The second-order valence-corrected chi connectivity index (χ2v) is 5.15. The lowest BCUT2D eigenvalue weighted by Gasteiger charge is -2.01. The zero-order chi connectivity index (χ0) is 15.1. The van der Waals surface area contributed by atoms with Gasteiger partial charge in [0.1, 0.15) is 0 Å². The second kappa shape index (κ2) is 7.78.